The number of hydrogen-bond acceptors (Lipinski definition) is 3. The molecule has 1 aromatic rings. The first-order valence-electron chi connectivity index (χ1n) is 7.63. The highest BCUT2D eigenvalue weighted by Gasteiger charge is 2.40. The van der Waals surface area contributed by atoms with Crippen molar-refractivity contribution >= 4 is 11.9 Å². The zero-order chi connectivity index (χ0) is 15.4. The maximum Gasteiger partial charge on any atom is 0.308 e. The number of nitrogens with zero attached hydrogens (tertiary/aromatic N) is 3. The van der Waals surface area contributed by atoms with Crippen LogP contribution in [0.5, 0.6) is 0 Å². The van der Waals surface area contributed by atoms with E-state index in [-0.39, 0.29) is 5.91 Å². The van der Waals surface area contributed by atoms with Gasteiger partial charge in [0, 0.05) is 31.3 Å². The van der Waals surface area contributed by atoms with Crippen LogP contribution in [0.2, 0.25) is 0 Å². The van der Waals surface area contributed by atoms with Gasteiger partial charge >= 0.3 is 5.97 Å². The normalized spacial score (nSPS) is 22.6. The molecule has 1 amide bonds. The Morgan fingerprint density at radius 3 is 2.71 bits per heavy atom. The van der Waals surface area contributed by atoms with E-state index in [4.69, 9.17) is 0 Å². The Bertz CT molecular complexity index is 512. The summed E-state index contributed by atoms with van der Waals surface area (Å²) in [6.45, 7) is 5.45. The molecule has 6 nitrogen and oxygen atoms in total. The van der Waals surface area contributed by atoms with E-state index in [1.807, 2.05) is 17.8 Å². The number of carboxylic acids is 1. The first-order valence-corrected chi connectivity index (χ1v) is 7.63. The molecule has 2 unspecified atom stereocenters. The van der Waals surface area contributed by atoms with Crippen LogP contribution in [0.3, 0.4) is 0 Å². The monoisotopic (exact) mass is 293 g/mol. The molecule has 0 bridgehead atoms. The van der Waals surface area contributed by atoms with Crippen molar-refractivity contribution in [2.45, 2.75) is 52.1 Å². The Labute approximate surface area is 124 Å². The molecule has 21 heavy (non-hydrogen) atoms. The van der Waals surface area contributed by atoms with Gasteiger partial charge in [0.2, 0.25) is 5.91 Å². The fraction of sp³-hybridized carbons (Fsp3) is 0.667. The number of aliphatic carboxylic acids is 1. The average Bonchev–Trinajstić information content (AvgIpc) is 2.89. The molecule has 2 heterocycles. The van der Waals surface area contributed by atoms with E-state index in [2.05, 4.69) is 12.0 Å². The minimum Gasteiger partial charge on any atom is -0.481 e. The molecule has 2 rings (SSSR count). The van der Waals surface area contributed by atoms with E-state index < -0.39 is 17.9 Å². The number of rotatable bonds is 6. The number of likely N-dealkylation sites (tertiary alicyclic amines) is 1. The van der Waals surface area contributed by atoms with Gasteiger partial charge in [0.15, 0.2) is 0 Å². The predicted octanol–water partition coefficient (Wildman–Crippen LogP) is 2.07. The fourth-order valence-electron chi connectivity index (χ4n) is 3.01. The van der Waals surface area contributed by atoms with Gasteiger partial charge in [-0.2, -0.15) is 5.10 Å². The minimum absolute atomic E-state index is 0.0441. The van der Waals surface area contributed by atoms with Crippen LogP contribution in [0.1, 0.15) is 51.1 Å². The average molecular weight is 293 g/mol. The van der Waals surface area contributed by atoms with Crippen LogP contribution >= 0.6 is 0 Å². The third-order valence-corrected chi connectivity index (χ3v) is 3.94. The minimum atomic E-state index is -0.836. The van der Waals surface area contributed by atoms with E-state index in [0.717, 1.165) is 24.9 Å². The Hall–Kier alpha value is -1.85. The molecule has 1 aliphatic heterocycles. The van der Waals surface area contributed by atoms with Crippen LogP contribution in [-0.4, -0.2) is 38.2 Å². The van der Waals surface area contributed by atoms with E-state index in [1.54, 1.807) is 11.1 Å². The first-order chi connectivity index (χ1) is 10.1. The maximum atomic E-state index is 12.2. The summed E-state index contributed by atoms with van der Waals surface area (Å²) in [7, 11) is 0. The topological polar surface area (TPSA) is 75.4 Å². The molecule has 0 aromatic carbocycles. The van der Waals surface area contributed by atoms with Crippen molar-refractivity contribution in [2.75, 3.05) is 6.54 Å². The molecule has 1 aromatic heterocycles. The van der Waals surface area contributed by atoms with Gasteiger partial charge in [0.1, 0.15) is 0 Å². The maximum absolute atomic E-state index is 12.2. The lowest BCUT2D eigenvalue weighted by Crippen LogP contribution is -2.45. The molecule has 1 saturated heterocycles. The van der Waals surface area contributed by atoms with Crippen molar-refractivity contribution in [2.24, 2.45) is 5.92 Å². The van der Waals surface area contributed by atoms with Crippen molar-refractivity contribution in [3.05, 3.63) is 18.0 Å². The summed E-state index contributed by atoms with van der Waals surface area (Å²) in [4.78, 5) is 25.5. The zero-order valence-corrected chi connectivity index (χ0v) is 12.7. The third kappa shape index (κ3) is 3.25. The van der Waals surface area contributed by atoms with Gasteiger partial charge in [-0.05, 0) is 19.3 Å². The molecule has 1 N–H and O–H groups in total. The van der Waals surface area contributed by atoms with E-state index >= 15 is 0 Å². The van der Waals surface area contributed by atoms with Gasteiger partial charge in [-0.1, -0.05) is 13.8 Å². The molecule has 2 atom stereocenters. The highest BCUT2D eigenvalue weighted by atomic mass is 16.4. The standard InChI is InChI=1S/C15H23N3O3/c1-3-7-17-10-11(9-16-17)14-12(15(20)21)5-6-13(19)18(14)8-4-2/h9-10,12,14H,3-8H2,1-2H3,(H,20,21). The number of carbonyl (C=O) groups excluding carboxylic acids is 1. The number of carboxylic acid groups (broad SMARTS) is 1. The van der Waals surface area contributed by atoms with Crippen molar-refractivity contribution in [1.82, 2.24) is 14.7 Å². The highest BCUT2D eigenvalue weighted by molar-refractivity contribution is 5.81. The number of hydrogen-bond donors (Lipinski definition) is 1. The molecule has 0 aliphatic carbocycles. The second-order valence-electron chi connectivity index (χ2n) is 5.55. The summed E-state index contributed by atoms with van der Waals surface area (Å²) >= 11 is 0. The Morgan fingerprint density at radius 1 is 1.38 bits per heavy atom. The number of amides is 1. The second-order valence-corrected chi connectivity index (χ2v) is 5.55. The predicted molar refractivity (Wildman–Crippen MR) is 77.6 cm³/mol. The van der Waals surface area contributed by atoms with Gasteiger partial charge in [-0.25, -0.2) is 0 Å². The van der Waals surface area contributed by atoms with E-state index in [0.29, 0.717) is 19.4 Å². The summed E-state index contributed by atoms with van der Waals surface area (Å²) in [6, 6.07) is -0.394. The van der Waals surface area contributed by atoms with E-state index in [9.17, 15) is 14.7 Å². The SMILES string of the molecule is CCCN1C(=O)CCC(C(=O)O)C1c1cnn(CCC)c1. The smallest absolute Gasteiger partial charge is 0.308 e. The van der Waals surface area contributed by atoms with Crippen LogP contribution in [-0.2, 0) is 16.1 Å². The molecule has 0 saturated carbocycles. The second kappa shape index (κ2) is 6.74. The lowest BCUT2D eigenvalue weighted by Gasteiger charge is -2.39. The molecule has 0 spiro atoms. The van der Waals surface area contributed by atoms with Gasteiger partial charge in [0.25, 0.3) is 0 Å². The molecule has 1 aliphatic rings. The quantitative estimate of drug-likeness (QED) is 0.871. The van der Waals surface area contributed by atoms with Gasteiger partial charge < -0.3 is 10.0 Å². The molecule has 6 heteroatoms. The van der Waals surface area contributed by atoms with Crippen LogP contribution in [0.15, 0.2) is 12.4 Å². The molecular weight excluding hydrogens is 270 g/mol. The number of aryl methyl sites for hydroxylation is 1. The Kier molecular flexibility index (Phi) is 4.98. The Morgan fingerprint density at radius 2 is 2.10 bits per heavy atom. The number of carbonyl (C=O) groups is 2. The lowest BCUT2D eigenvalue weighted by molar-refractivity contribution is -0.152. The molecule has 0 radical (unpaired) electrons. The molecular formula is C15H23N3O3. The third-order valence-electron chi connectivity index (χ3n) is 3.94. The van der Waals surface area contributed by atoms with Crippen LogP contribution in [0, 0.1) is 5.92 Å². The first kappa shape index (κ1) is 15.5. The van der Waals surface area contributed by atoms with Crippen molar-refractivity contribution in [3.63, 3.8) is 0 Å². The van der Waals surface area contributed by atoms with Crippen molar-refractivity contribution in [3.8, 4) is 0 Å². The molecule has 116 valence electrons. The summed E-state index contributed by atoms with van der Waals surface area (Å²) in [5, 5.41) is 13.8. The van der Waals surface area contributed by atoms with Crippen LogP contribution < -0.4 is 0 Å². The van der Waals surface area contributed by atoms with Crippen molar-refractivity contribution < 1.29 is 14.7 Å². The number of aromatic nitrogens is 2. The highest BCUT2D eigenvalue weighted by Crippen LogP contribution is 2.36. The van der Waals surface area contributed by atoms with Crippen LogP contribution in [0.25, 0.3) is 0 Å². The zero-order valence-electron chi connectivity index (χ0n) is 12.7. The van der Waals surface area contributed by atoms with Gasteiger partial charge in [0.05, 0.1) is 18.2 Å². The summed E-state index contributed by atoms with van der Waals surface area (Å²) in [5.41, 5.74) is 0.831. The van der Waals surface area contributed by atoms with Crippen molar-refractivity contribution in [1.29, 1.82) is 0 Å². The summed E-state index contributed by atoms with van der Waals surface area (Å²) < 4.78 is 1.82. The van der Waals surface area contributed by atoms with Gasteiger partial charge in [-0.15, -0.1) is 0 Å². The lowest BCUT2D eigenvalue weighted by atomic mass is 9.85. The Balaban J connectivity index is 2.33. The fourth-order valence-corrected chi connectivity index (χ4v) is 3.01. The molecule has 1 fully saturated rings. The summed E-state index contributed by atoms with van der Waals surface area (Å²) in [6.07, 6.45) is 6.08. The van der Waals surface area contributed by atoms with Gasteiger partial charge in [-0.3, -0.25) is 14.3 Å². The van der Waals surface area contributed by atoms with Crippen LogP contribution in [0.4, 0.5) is 0 Å². The number of piperidine rings is 1. The van der Waals surface area contributed by atoms with E-state index in [1.165, 1.54) is 0 Å². The summed E-state index contributed by atoms with van der Waals surface area (Å²) in [5.74, 6) is -1.34. The largest absolute Gasteiger partial charge is 0.481 e.